The quantitative estimate of drug-likeness (QED) is 0.669. The Balaban J connectivity index is 1.51. The highest BCUT2D eigenvalue weighted by Crippen LogP contribution is 2.06. The fourth-order valence-electron chi connectivity index (χ4n) is 2.33. The first kappa shape index (κ1) is 17.8. The molecule has 0 atom stereocenters. The lowest BCUT2D eigenvalue weighted by Crippen LogP contribution is -2.26. The zero-order chi connectivity index (χ0) is 18.5. The first-order valence-corrected chi connectivity index (χ1v) is 8.92. The number of aromatic nitrogens is 2. The summed E-state index contributed by atoms with van der Waals surface area (Å²) in [5, 5.41) is 6.19. The van der Waals surface area contributed by atoms with Gasteiger partial charge in [0.1, 0.15) is 12.3 Å². The number of nitrogens with zero attached hydrogens (tertiary/aromatic N) is 2. The van der Waals surface area contributed by atoms with E-state index in [1.165, 1.54) is 21.8 Å². The van der Waals surface area contributed by atoms with E-state index in [0.29, 0.717) is 16.9 Å². The lowest BCUT2D eigenvalue weighted by Gasteiger charge is -2.07. The molecule has 3 aromatic heterocycles. The highest BCUT2D eigenvalue weighted by molar-refractivity contribution is 7.08. The molecule has 0 aliphatic heterocycles. The Morgan fingerprint density at radius 2 is 2.15 bits per heavy atom. The topological polar surface area (TPSA) is 89.8 Å². The van der Waals surface area contributed by atoms with Crippen LogP contribution in [0.15, 0.2) is 46.0 Å². The normalized spacial score (nSPS) is 10.7. The van der Waals surface area contributed by atoms with E-state index in [2.05, 4.69) is 10.3 Å². The van der Waals surface area contributed by atoms with Gasteiger partial charge in [-0.25, -0.2) is 4.98 Å². The molecule has 3 rings (SSSR count). The summed E-state index contributed by atoms with van der Waals surface area (Å²) < 4.78 is 6.57. The number of ether oxygens (including phenoxy) is 1. The molecule has 0 saturated carbocycles. The van der Waals surface area contributed by atoms with Crippen molar-refractivity contribution in [3.05, 3.63) is 68.4 Å². The van der Waals surface area contributed by atoms with Crippen LogP contribution in [0.4, 0.5) is 0 Å². The van der Waals surface area contributed by atoms with Crippen LogP contribution >= 0.6 is 11.3 Å². The number of carbonyl (C=O) groups excluding carboxylic acids is 2. The summed E-state index contributed by atoms with van der Waals surface area (Å²) >= 11 is 1.43. The molecule has 1 N–H and O–H groups in total. The maximum absolute atomic E-state index is 12.1. The third-order valence-corrected chi connectivity index (χ3v) is 4.32. The van der Waals surface area contributed by atoms with Crippen molar-refractivity contribution in [3.63, 3.8) is 0 Å². The molecule has 1 amide bonds. The number of pyridine rings is 1. The molecule has 0 radical (unpaired) electrons. The number of aryl methyl sites for hydroxylation is 1. The average Bonchev–Trinajstić information content (AvgIpc) is 3.15. The molecule has 134 valence electrons. The zero-order valence-corrected chi connectivity index (χ0v) is 14.9. The number of thiophene rings is 1. The van der Waals surface area contributed by atoms with Gasteiger partial charge in [-0.2, -0.15) is 11.3 Å². The van der Waals surface area contributed by atoms with Gasteiger partial charge in [-0.3, -0.25) is 18.8 Å². The van der Waals surface area contributed by atoms with E-state index in [0.717, 1.165) is 5.56 Å². The summed E-state index contributed by atoms with van der Waals surface area (Å²) in [6.45, 7) is 1.98. The second-order valence-corrected chi connectivity index (χ2v) is 6.48. The molecule has 8 heteroatoms. The Kier molecular flexibility index (Phi) is 5.43. The maximum atomic E-state index is 12.1. The number of hydrogen-bond acceptors (Lipinski definition) is 6. The first-order valence-electron chi connectivity index (χ1n) is 7.98. The van der Waals surface area contributed by atoms with Crippen LogP contribution in [0.5, 0.6) is 0 Å². The maximum Gasteiger partial charge on any atom is 0.307 e. The molecule has 0 aromatic carbocycles. The first-order chi connectivity index (χ1) is 12.5. The van der Waals surface area contributed by atoms with Gasteiger partial charge in [-0.1, -0.05) is 6.07 Å². The van der Waals surface area contributed by atoms with Crippen LogP contribution in [0.1, 0.15) is 28.0 Å². The van der Waals surface area contributed by atoms with Crippen molar-refractivity contribution in [2.75, 3.05) is 6.54 Å². The highest BCUT2D eigenvalue weighted by Gasteiger charge is 2.09. The fraction of sp³-hybridized carbons (Fsp3) is 0.222. The van der Waals surface area contributed by atoms with Crippen molar-refractivity contribution in [2.24, 2.45) is 0 Å². The van der Waals surface area contributed by atoms with Gasteiger partial charge in [0.2, 0.25) is 0 Å². The molecule has 0 aliphatic carbocycles. The average molecular weight is 371 g/mol. The van der Waals surface area contributed by atoms with Crippen LogP contribution in [0.2, 0.25) is 0 Å². The fourth-order valence-corrected chi connectivity index (χ4v) is 2.97. The van der Waals surface area contributed by atoms with Crippen molar-refractivity contribution in [1.29, 1.82) is 0 Å². The van der Waals surface area contributed by atoms with Crippen LogP contribution in [-0.2, 0) is 16.1 Å². The van der Waals surface area contributed by atoms with Crippen LogP contribution in [0.25, 0.3) is 5.65 Å². The molecule has 3 heterocycles. The number of carbonyl (C=O) groups is 2. The van der Waals surface area contributed by atoms with Gasteiger partial charge in [0, 0.05) is 29.8 Å². The Morgan fingerprint density at radius 3 is 2.92 bits per heavy atom. The molecule has 7 nitrogen and oxygen atoms in total. The van der Waals surface area contributed by atoms with Gasteiger partial charge in [0.15, 0.2) is 0 Å². The van der Waals surface area contributed by atoms with Crippen LogP contribution < -0.4 is 10.9 Å². The molecule has 26 heavy (non-hydrogen) atoms. The summed E-state index contributed by atoms with van der Waals surface area (Å²) in [5.41, 5.74) is 2.17. The van der Waals surface area contributed by atoms with Gasteiger partial charge in [-0.15, -0.1) is 0 Å². The van der Waals surface area contributed by atoms with E-state index in [1.54, 1.807) is 23.7 Å². The van der Waals surface area contributed by atoms with Gasteiger partial charge in [0.05, 0.1) is 12.1 Å². The summed E-state index contributed by atoms with van der Waals surface area (Å²) in [4.78, 5) is 39.9. The standard InChI is InChI=1S/C18H17N3O4S/c1-12-2-3-15-20-14(8-16(22)21(15)9-12)10-25-17(23)4-6-19-18(24)13-5-7-26-11-13/h2-3,5,7-9,11H,4,6,10H2,1H3,(H,19,24). The van der Waals surface area contributed by atoms with E-state index >= 15 is 0 Å². The largest absolute Gasteiger partial charge is 0.459 e. The number of nitrogens with one attached hydrogen (secondary N) is 1. The number of hydrogen-bond donors (Lipinski definition) is 1. The van der Waals surface area contributed by atoms with Gasteiger partial charge in [0.25, 0.3) is 11.5 Å². The van der Waals surface area contributed by atoms with Crippen LogP contribution in [0, 0.1) is 6.92 Å². The Morgan fingerprint density at radius 1 is 1.31 bits per heavy atom. The molecule has 0 saturated heterocycles. The highest BCUT2D eigenvalue weighted by atomic mass is 32.1. The van der Waals surface area contributed by atoms with Crippen molar-refractivity contribution < 1.29 is 14.3 Å². The van der Waals surface area contributed by atoms with Crippen molar-refractivity contribution in [1.82, 2.24) is 14.7 Å². The Labute approximate surface area is 153 Å². The third-order valence-electron chi connectivity index (χ3n) is 3.64. The van der Waals surface area contributed by atoms with Gasteiger partial charge in [-0.05, 0) is 30.0 Å². The molecule has 0 aliphatic rings. The number of esters is 1. The van der Waals surface area contributed by atoms with Crippen LogP contribution in [0.3, 0.4) is 0 Å². The molecule has 0 fully saturated rings. The summed E-state index contributed by atoms with van der Waals surface area (Å²) in [7, 11) is 0. The second-order valence-electron chi connectivity index (χ2n) is 5.70. The lowest BCUT2D eigenvalue weighted by atomic mass is 10.3. The molecular formula is C18H17N3O4S. The van der Waals surface area contributed by atoms with E-state index in [-0.39, 0.29) is 31.0 Å². The van der Waals surface area contributed by atoms with Gasteiger partial charge >= 0.3 is 5.97 Å². The molecule has 0 unspecified atom stereocenters. The Hall–Kier alpha value is -3.00. The minimum atomic E-state index is -0.471. The van der Waals surface area contributed by atoms with Crippen molar-refractivity contribution in [3.8, 4) is 0 Å². The zero-order valence-electron chi connectivity index (χ0n) is 14.1. The number of rotatable bonds is 6. The summed E-state index contributed by atoms with van der Waals surface area (Å²) in [6.07, 6.45) is 1.75. The lowest BCUT2D eigenvalue weighted by molar-refractivity contribution is -0.144. The Bertz CT molecular complexity index is 995. The van der Waals surface area contributed by atoms with Gasteiger partial charge < -0.3 is 10.1 Å². The number of amides is 1. The predicted octanol–water partition coefficient (Wildman–Crippen LogP) is 1.93. The monoisotopic (exact) mass is 371 g/mol. The molecular weight excluding hydrogens is 354 g/mol. The third kappa shape index (κ3) is 4.34. The SMILES string of the molecule is Cc1ccc2nc(COC(=O)CCNC(=O)c3ccsc3)cc(=O)n2c1. The smallest absolute Gasteiger partial charge is 0.307 e. The minimum absolute atomic E-state index is 0.0433. The second kappa shape index (κ2) is 7.92. The van der Waals surface area contributed by atoms with E-state index in [9.17, 15) is 14.4 Å². The molecule has 0 bridgehead atoms. The number of fused-ring (bicyclic) bond motifs is 1. The van der Waals surface area contributed by atoms with E-state index < -0.39 is 5.97 Å². The van der Waals surface area contributed by atoms with E-state index in [1.807, 2.05) is 18.4 Å². The summed E-state index contributed by atoms with van der Waals surface area (Å²) in [6, 6.07) is 6.65. The minimum Gasteiger partial charge on any atom is -0.459 e. The molecule has 0 spiro atoms. The van der Waals surface area contributed by atoms with E-state index in [4.69, 9.17) is 4.74 Å². The van der Waals surface area contributed by atoms with Crippen molar-refractivity contribution in [2.45, 2.75) is 20.0 Å². The summed E-state index contributed by atoms with van der Waals surface area (Å²) in [5.74, 6) is -0.694. The van der Waals surface area contributed by atoms with Crippen molar-refractivity contribution >= 4 is 28.9 Å². The predicted molar refractivity (Wildman–Crippen MR) is 97.3 cm³/mol. The molecule has 3 aromatic rings. The van der Waals surface area contributed by atoms with Crippen LogP contribution in [-0.4, -0.2) is 27.8 Å².